The Morgan fingerprint density at radius 2 is 1.74 bits per heavy atom. The maximum absolute atomic E-state index is 13.8. The fraction of sp³-hybridized carbons (Fsp3) is 0.480. The highest BCUT2D eigenvalue weighted by molar-refractivity contribution is 7.92. The molecule has 35 heavy (non-hydrogen) atoms. The zero-order chi connectivity index (χ0) is 25.2. The first-order chi connectivity index (χ1) is 16.4. The number of carbonyl (C=O) groups excluding carboxylic acids is 1. The molecule has 5 rings (SSSR count). The quantitative estimate of drug-likeness (QED) is 0.581. The summed E-state index contributed by atoms with van der Waals surface area (Å²) in [6.07, 6.45) is 2.72. The van der Waals surface area contributed by atoms with Crippen LogP contribution in [0.25, 0.3) is 0 Å². The molecule has 2 bridgehead atoms. The number of halogens is 3. The molecule has 2 saturated carbocycles. The third kappa shape index (κ3) is 4.48. The van der Waals surface area contributed by atoms with Crippen LogP contribution < -0.4 is 5.32 Å². The molecule has 6 nitrogen and oxygen atoms in total. The number of ether oxygens (including phenoxy) is 2. The molecule has 188 valence electrons. The number of hydrogen-bond acceptors (Lipinski definition) is 5. The largest absolute Gasteiger partial charge is 0.347 e. The van der Waals surface area contributed by atoms with Gasteiger partial charge in [-0.3, -0.25) is 4.79 Å². The van der Waals surface area contributed by atoms with Gasteiger partial charge in [0, 0.05) is 17.3 Å². The molecule has 3 aliphatic rings. The monoisotopic (exact) mass is 525 g/mol. The molecule has 1 aliphatic heterocycles. The zero-order valence-electron chi connectivity index (χ0n) is 19.3. The molecule has 1 N–H and O–H groups in total. The Morgan fingerprint density at radius 3 is 2.34 bits per heavy atom. The summed E-state index contributed by atoms with van der Waals surface area (Å²) in [4.78, 5) is 12.7. The van der Waals surface area contributed by atoms with E-state index in [1.165, 1.54) is 24.3 Å². The first-order valence-electron chi connectivity index (χ1n) is 11.5. The summed E-state index contributed by atoms with van der Waals surface area (Å²) in [6.45, 7) is 4.17. The van der Waals surface area contributed by atoms with Gasteiger partial charge in [-0.05, 0) is 81.7 Å². The Hall–Kier alpha value is -2.07. The van der Waals surface area contributed by atoms with Crippen molar-refractivity contribution in [2.75, 3.05) is 11.9 Å². The highest BCUT2D eigenvalue weighted by atomic mass is 35.5. The van der Waals surface area contributed by atoms with Crippen molar-refractivity contribution >= 4 is 33.0 Å². The van der Waals surface area contributed by atoms with Gasteiger partial charge in [0.05, 0.1) is 27.4 Å². The van der Waals surface area contributed by atoms with E-state index in [1.54, 1.807) is 0 Å². The normalized spacial score (nSPS) is 29.5. The molecule has 2 aromatic carbocycles. The number of amides is 1. The lowest BCUT2D eigenvalue weighted by molar-refractivity contribution is -0.171. The number of benzene rings is 2. The second-order valence-corrected chi connectivity index (χ2v) is 12.7. The molecule has 0 radical (unpaired) electrons. The van der Waals surface area contributed by atoms with E-state index in [4.69, 9.17) is 21.1 Å². The molecular weight excluding hydrogens is 500 g/mol. The topological polar surface area (TPSA) is 81.7 Å². The molecule has 1 amide bonds. The van der Waals surface area contributed by atoms with Crippen LogP contribution in [0.1, 0.15) is 49.9 Å². The summed E-state index contributed by atoms with van der Waals surface area (Å²) in [6, 6.07) is 7.00. The van der Waals surface area contributed by atoms with Crippen LogP contribution >= 0.6 is 11.6 Å². The average molecular weight is 526 g/mol. The third-order valence-corrected chi connectivity index (χ3v) is 10.2. The van der Waals surface area contributed by atoms with E-state index >= 15 is 0 Å². The number of hydrogen-bond donors (Lipinski definition) is 1. The molecule has 10 heteroatoms. The molecule has 1 unspecified atom stereocenters. The van der Waals surface area contributed by atoms with Gasteiger partial charge in [-0.15, -0.1) is 0 Å². The van der Waals surface area contributed by atoms with Crippen molar-refractivity contribution < 1.29 is 31.5 Å². The van der Waals surface area contributed by atoms with Gasteiger partial charge in [-0.25, -0.2) is 17.2 Å². The zero-order valence-corrected chi connectivity index (χ0v) is 20.9. The second kappa shape index (κ2) is 8.50. The lowest BCUT2D eigenvalue weighted by atomic mass is 9.77. The minimum atomic E-state index is -3.86. The summed E-state index contributed by atoms with van der Waals surface area (Å²) < 4.78 is 66.4. The van der Waals surface area contributed by atoms with Gasteiger partial charge in [0.15, 0.2) is 27.3 Å². The predicted octanol–water partition coefficient (Wildman–Crippen LogP) is 5.35. The number of carbonyl (C=O) groups is 1. The summed E-state index contributed by atoms with van der Waals surface area (Å²) in [5, 5.41) is 1.88. The standard InChI is InChI=1S/C25H26ClF2NO5S/c1-24(2)33-13-25(34-24)11-15-3-4-16(12-25)22(15)35(31,32)21-9-14(5-7-18(21)26)23(30)29-17-6-8-19(27)20(28)10-17/h5-10,15-16,22H,3-4,11-13H2,1-2H3,(H,29,30)/t15-,16?,22+,25+/m0/s1. The van der Waals surface area contributed by atoms with Crippen LogP contribution in [0.2, 0.25) is 5.02 Å². The molecule has 2 aliphatic carbocycles. The predicted molar refractivity (Wildman–Crippen MR) is 126 cm³/mol. The van der Waals surface area contributed by atoms with Gasteiger partial charge in [-0.2, -0.15) is 0 Å². The molecule has 1 heterocycles. The Bertz CT molecular complexity index is 1280. The maximum Gasteiger partial charge on any atom is 0.255 e. The highest BCUT2D eigenvalue weighted by Crippen LogP contribution is 2.55. The van der Waals surface area contributed by atoms with E-state index < -0.39 is 44.0 Å². The van der Waals surface area contributed by atoms with E-state index in [1.807, 2.05) is 13.8 Å². The van der Waals surface area contributed by atoms with E-state index in [9.17, 15) is 22.0 Å². The lowest BCUT2D eigenvalue weighted by Crippen LogP contribution is -2.48. The number of sulfone groups is 1. The Labute approximate surface area is 207 Å². The van der Waals surface area contributed by atoms with Crippen LogP contribution in [-0.4, -0.2) is 37.6 Å². The lowest BCUT2D eigenvalue weighted by Gasteiger charge is -2.41. The van der Waals surface area contributed by atoms with Crippen LogP contribution in [-0.2, 0) is 19.3 Å². The SMILES string of the molecule is CC1(C)OC[C@@]2(CC3CC[C@@H](C2)[C@H]3S(=O)(=O)c2cc(C(=O)Nc3ccc(F)c(F)c3)ccc2Cl)O1. The number of rotatable bonds is 4. The fourth-order valence-corrected chi connectivity index (χ4v) is 8.84. The molecule has 3 fully saturated rings. The van der Waals surface area contributed by atoms with Crippen molar-refractivity contribution in [2.45, 2.75) is 61.1 Å². The molecular formula is C25H26ClF2NO5S. The third-order valence-electron chi connectivity index (χ3n) is 7.29. The van der Waals surface area contributed by atoms with E-state index in [-0.39, 0.29) is 33.0 Å². The van der Waals surface area contributed by atoms with E-state index in [0.29, 0.717) is 19.4 Å². The second-order valence-electron chi connectivity index (χ2n) is 10.2. The van der Waals surface area contributed by atoms with Gasteiger partial charge in [0.2, 0.25) is 0 Å². The van der Waals surface area contributed by atoms with E-state index in [0.717, 1.165) is 25.0 Å². The molecule has 1 spiro atoms. The van der Waals surface area contributed by atoms with Gasteiger partial charge < -0.3 is 14.8 Å². The highest BCUT2D eigenvalue weighted by Gasteiger charge is 2.58. The fourth-order valence-electron chi connectivity index (χ4n) is 6.00. The van der Waals surface area contributed by atoms with Crippen molar-refractivity contribution in [3.63, 3.8) is 0 Å². The summed E-state index contributed by atoms with van der Waals surface area (Å²) >= 11 is 6.33. The minimum absolute atomic E-state index is 0.0376. The molecule has 1 saturated heterocycles. The smallest absolute Gasteiger partial charge is 0.255 e. The van der Waals surface area contributed by atoms with Crippen LogP contribution in [0.5, 0.6) is 0 Å². The number of fused-ring (bicyclic) bond motifs is 2. The first kappa shape index (κ1) is 24.6. The maximum atomic E-state index is 13.8. The van der Waals surface area contributed by atoms with E-state index in [2.05, 4.69) is 5.32 Å². The van der Waals surface area contributed by atoms with Gasteiger partial charge in [0.25, 0.3) is 5.91 Å². The average Bonchev–Trinajstić information content (AvgIpc) is 3.24. The van der Waals surface area contributed by atoms with Crippen molar-refractivity contribution in [1.82, 2.24) is 0 Å². The Kier molecular flexibility index (Phi) is 5.98. The molecule has 2 aromatic rings. The summed E-state index contributed by atoms with van der Waals surface area (Å²) in [5.41, 5.74) is -0.380. The molecule has 0 aromatic heterocycles. The minimum Gasteiger partial charge on any atom is -0.347 e. The van der Waals surface area contributed by atoms with Gasteiger partial charge >= 0.3 is 0 Å². The first-order valence-corrected chi connectivity index (χ1v) is 13.5. The van der Waals surface area contributed by atoms with Crippen LogP contribution in [0.15, 0.2) is 41.3 Å². The Balaban J connectivity index is 1.40. The number of anilines is 1. The van der Waals surface area contributed by atoms with Crippen molar-refractivity contribution in [1.29, 1.82) is 0 Å². The van der Waals surface area contributed by atoms with Crippen molar-refractivity contribution in [3.05, 3.63) is 58.6 Å². The van der Waals surface area contributed by atoms with Crippen LogP contribution in [0, 0.1) is 23.5 Å². The van der Waals surface area contributed by atoms with Crippen LogP contribution in [0.4, 0.5) is 14.5 Å². The van der Waals surface area contributed by atoms with Gasteiger partial charge in [-0.1, -0.05) is 11.6 Å². The summed E-state index contributed by atoms with van der Waals surface area (Å²) in [5.74, 6) is -3.70. The van der Waals surface area contributed by atoms with Gasteiger partial charge in [0.1, 0.15) is 0 Å². The van der Waals surface area contributed by atoms with Crippen LogP contribution in [0.3, 0.4) is 0 Å². The number of nitrogens with one attached hydrogen (secondary N) is 1. The van der Waals surface area contributed by atoms with Crippen molar-refractivity contribution in [2.24, 2.45) is 11.8 Å². The molecule has 4 atom stereocenters. The van der Waals surface area contributed by atoms with Crippen molar-refractivity contribution in [3.8, 4) is 0 Å². The Morgan fingerprint density at radius 1 is 1.06 bits per heavy atom. The summed E-state index contributed by atoms with van der Waals surface area (Å²) in [7, 11) is -3.86.